The first-order chi connectivity index (χ1) is 17.5. The van der Waals surface area contributed by atoms with E-state index in [9.17, 15) is 13.2 Å². The molecule has 36 heavy (non-hydrogen) atoms. The number of ether oxygens (including phenoxy) is 1. The van der Waals surface area contributed by atoms with Crippen LogP contribution in [-0.2, 0) is 26.2 Å². The minimum Gasteiger partial charge on any atom is -0.460 e. The van der Waals surface area contributed by atoms with Gasteiger partial charge in [-0.25, -0.2) is 8.42 Å². The number of hydrogen-bond acceptors (Lipinski definition) is 4. The molecule has 4 rings (SSSR count). The third-order valence-electron chi connectivity index (χ3n) is 5.71. The van der Waals surface area contributed by atoms with E-state index in [2.05, 4.69) is 15.9 Å². The zero-order valence-electron chi connectivity index (χ0n) is 19.5. The lowest BCUT2D eigenvalue weighted by Gasteiger charge is -2.27. The Hall–Kier alpha value is -3.26. The number of nitrogens with zero attached hydrogens (tertiary/aromatic N) is 1. The van der Waals surface area contributed by atoms with Gasteiger partial charge in [0.15, 0.2) is 0 Å². The molecule has 0 radical (unpaired) electrons. The number of hydrogen-bond donors (Lipinski definition) is 0. The van der Waals surface area contributed by atoms with Crippen LogP contribution in [0.2, 0.25) is 0 Å². The standard InChI is InChI=1S/C29H26BrNO4S/c30-21-28(29(32)35-22-24-12-5-2-6-13-24)31(19-9-14-23-10-3-1-4-11-23)36(33,34)27-18-17-25-15-7-8-16-26(25)20-27/h1-18,20,28H,19,21-22H2/b14-9+/t28-/m0/s1. The average molecular weight is 565 g/mol. The quantitative estimate of drug-likeness (QED) is 0.174. The maximum atomic E-state index is 13.9. The summed E-state index contributed by atoms with van der Waals surface area (Å²) in [5.74, 6) is -0.617. The molecule has 0 saturated carbocycles. The summed E-state index contributed by atoms with van der Waals surface area (Å²) < 4.78 is 34.4. The van der Waals surface area contributed by atoms with Gasteiger partial charge in [0.05, 0.1) is 4.90 Å². The van der Waals surface area contributed by atoms with Gasteiger partial charge >= 0.3 is 5.97 Å². The zero-order chi connectivity index (χ0) is 25.4. The van der Waals surface area contributed by atoms with Crippen molar-refractivity contribution in [2.45, 2.75) is 17.5 Å². The number of alkyl halides is 1. The SMILES string of the molecule is O=C(OCc1ccccc1)[C@H](CBr)N(C/C=C/c1ccccc1)S(=O)(=O)c1ccc2ccccc2c1. The third kappa shape index (κ3) is 6.29. The first-order valence-corrected chi connectivity index (χ1v) is 14.0. The van der Waals surface area contributed by atoms with Crippen LogP contribution in [0.1, 0.15) is 11.1 Å². The maximum Gasteiger partial charge on any atom is 0.325 e. The summed E-state index contributed by atoms with van der Waals surface area (Å²) >= 11 is 3.35. The molecule has 0 saturated heterocycles. The lowest BCUT2D eigenvalue weighted by Crippen LogP contribution is -2.47. The summed E-state index contributed by atoms with van der Waals surface area (Å²) in [5.41, 5.74) is 1.76. The number of fused-ring (bicyclic) bond motifs is 1. The van der Waals surface area contributed by atoms with Gasteiger partial charge in [-0.15, -0.1) is 0 Å². The molecule has 4 aromatic rings. The maximum absolute atomic E-state index is 13.9. The molecule has 0 N–H and O–H groups in total. The van der Waals surface area contributed by atoms with E-state index >= 15 is 0 Å². The Morgan fingerprint density at radius 1 is 0.861 bits per heavy atom. The van der Waals surface area contributed by atoms with Crippen molar-refractivity contribution in [3.8, 4) is 0 Å². The van der Waals surface area contributed by atoms with E-state index in [1.807, 2.05) is 91.0 Å². The minimum absolute atomic E-state index is 0.000752. The van der Waals surface area contributed by atoms with Crippen LogP contribution in [0.3, 0.4) is 0 Å². The van der Waals surface area contributed by atoms with Crippen LogP contribution in [0.25, 0.3) is 16.8 Å². The number of benzene rings is 4. The van der Waals surface area contributed by atoms with Crippen molar-refractivity contribution in [2.24, 2.45) is 0 Å². The monoisotopic (exact) mass is 563 g/mol. The molecular weight excluding hydrogens is 538 g/mol. The molecule has 0 aliphatic carbocycles. The van der Waals surface area contributed by atoms with Crippen molar-refractivity contribution < 1.29 is 17.9 Å². The molecule has 0 aliphatic heterocycles. The third-order valence-corrected chi connectivity index (χ3v) is 8.20. The van der Waals surface area contributed by atoms with Crippen LogP contribution in [-0.4, -0.2) is 36.6 Å². The number of rotatable bonds is 10. The van der Waals surface area contributed by atoms with E-state index in [1.165, 1.54) is 4.31 Å². The van der Waals surface area contributed by atoms with Crippen molar-refractivity contribution in [3.05, 3.63) is 120 Å². The van der Waals surface area contributed by atoms with Gasteiger partial charge in [-0.2, -0.15) is 4.31 Å². The Bertz CT molecular complexity index is 1440. The van der Waals surface area contributed by atoms with E-state index < -0.39 is 22.0 Å². The fourth-order valence-corrected chi connectivity index (χ4v) is 6.17. The molecule has 0 spiro atoms. The van der Waals surface area contributed by atoms with Gasteiger partial charge in [0.1, 0.15) is 12.6 Å². The fraction of sp³-hybridized carbons (Fsp3) is 0.138. The highest BCUT2D eigenvalue weighted by Crippen LogP contribution is 2.25. The number of sulfonamides is 1. The van der Waals surface area contributed by atoms with E-state index in [0.717, 1.165) is 21.9 Å². The molecule has 0 heterocycles. The molecule has 5 nitrogen and oxygen atoms in total. The molecule has 4 aromatic carbocycles. The highest BCUT2D eigenvalue weighted by atomic mass is 79.9. The Morgan fingerprint density at radius 2 is 1.50 bits per heavy atom. The number of carbonyl (C=O) groups is 1. The van der Waals surface area contributed by atoms with Crippen LogP contribution < -0.4 is 0 Å². The molecule has 0 aliphatic rings. The summed E-state index contributed by atoms with van der Waals surface area (Å²) in [4.78, 5) is 13.3. The Morgan fingerprint density at radius 3 is 2.19 bits per heavy atom. The van der Waals surface area contributed by atoms with Crippen LogP contribution in [0.15, 0.2) is 114 Å². The topological polar surface area (TPSA) is 63.7 Å². The van der Waals surface area contributed by atoms with Crippen LogP contribution in [0, 0.1) is 0 Å². The van der Waals surface area contributed by atoms with E-state index in [0.29, 0.717) is 0 Å². The van der Waals surface area contributed by atoms with Gasteiger partial charge in [-0.3, -0.25) is 4.79 Å². The lowest BCUT2D eigenvalue weighted by molar-refractivity contribution is -0.148. The average Bonchev–Trinajstić information content (AvgIpc) is 2.92. The summed E-state index contributed by atoms with van der Waals surface area (Å²) in [6, 6.07) is 30.4. The van der Waals surface area contributed by atoms with Crippen LogP contribution in [0.5, 0.6) is 0 Å². The normalized spacial score (nSPS) is 12.7. The van der Waals surface area contributed by atoms with Crippen LogP contribution >= 0.6 is 15.9 Å². The van der Waals surface area contributed by atoms with Crippen LogP contribution in [0.4, 0.5) is 0 Å². The summed E-state index contributed by atoms with van der Waals surface area (Å²) in [6.45, 7) is 0.0631. The molecule has 0 fully saturated rings. The van der Waals surface area contributed by atoms with Gasteiger partial charge < -0.3 is 4.74 Å². The minimum atomic E-state index is -4.03. The predicted octanol–water partition coefficient (Wildman–Crippen LogP) is 6.05. The van der Waals surface area contributed by atoms with Gasteiger partial charge in [0, 0.05) is 11.9 Å². The molecule has 0 unspecified atom stereocenters. The van der Waals surface area contributed by atoms with Crippen molar-refractivity contribution in [2.75, 3.05) is 11.9 Å². The van der Waals surface area contributed by atoms with Gasteiger partial charge in [-0.1, -0.05) is 119 Å². The van der Waals surface area contributed by atoms with E-state index in [4.69, 9.17) is 4.74 Å². The smallest absolute Gasteiger partial charge is 0.325 e. The fourth-order valence-electron chi connectivity index (χ4n) is 3.80. The van der Waals surface area contributed by atoms with Crippen molar-refractivity contribution in [1.82, 2.24) is 4.31 Å². The first-order valence-electron chi connectivity index (χ1n) is 11.5. The molecule has 0 bridgehead atoms. The Balaban J connectivity index is 1.64. The van der Waals surface area contributed by atoms with Crippen molar-refractivity contribution in [3.63, 3.8) is 0 Å². The predicted molar refractivity (Wildman–Crippen MR) is 147 cm³/mol. The molecule has 7 heteroatoms. The van der Waals surface area contributed by atoms with Gasteiger partial charge in [0.25, 0.3) is 0 Å². The summed E-state index contributed by atoms with van der Waals surface area (Å²) in [5, 5.41) is 1.83. The molecular formula is C29H26BrNO4S. The van der Waals surface area contributed by atoms with Gasteiger partial charge in [0.2, 0.25) is 10.0 Å². The number of carbonyl (C=O) groups excluding carboxylic acids is 1. The summed E-state index contributed by atoms with van der Waals surface area (Å²) in [6.07, 6.45) is 3.58. The summed E-state index contributed by atoms with van der Waals surface area (Å²) in [7, 11) is -4.03. The van der Waals surface area contributed by atoms with E-state index in [1.54, 1.807) is 24.3 Å². The van der Waals surface area contributed by atoms with Crippen molar-refractivity contribution in [1.29, 1.82) is 0 Å². The largest absolute Gasteiger partial charge is 0.460 e. The van der Waals surface area contributed by atoms with E-state index in [-0.39, 0.29) is 23.4 Å². The molecule has 0 amide bonds. The van der Waals surface area contributed by atoms with Gasteiger partial charge in [-0.05, 0) is 34.0 Å². The molecule has 184 valence electrons. The second-order valence-electron chi connectivity index (χ2n) is 8.16. The highest BCUT2D eigenvalue weighted by molar-refractivity contribution is 9.09. The first kappa shape index (κ1) is 25.8. The lowest BCUT2D eigenvalue weighted by atomic mass is 10.1. The second-order valence-corrected chi connectivity index (χ2v) is 10.7. The molecule has 1 atom stereocenters. The Kier molecular flexibility index (Phi) is 8.70. The zero-order valence-corrected chi connectivity index (χ0v) is 21.9. The highest BCUT2D eigenvalue weighted by Gasteiger charge is 2.36. The Labute approximate surface area is 220 Å². The number of halogens is 1. The second kappa shape index (κ2) is 12.1. The van der Waals surface area contributed by atoms with Crippen molar-refractivity contribution >= 4 is 48.8 Å². The molecule has 0 aromatic heterocycles. The number of esters is 1.